The van der Waals surface area contributed by atoms with Crippen LogP contribution in [0.1, 0.15) is 15.9 Å². The summed E-state index contributed by atoms with van der Waals surface area (Å²) >= 11 is 5.83. The van der Waals surface area contributed by atoms with Crippen LogP contribution in [-0.4, -0.2) is 42.2 Å². The number of carboxylic acid groups (broad SMARTS) is 1. The molecule has 0 amide bonds. The first-order valence-corrected chi connectivity index (χ1v) is 7.87. The summed E-state index contributed by atoms with van der Waals surface area (Å²) in [7, 11) is 1.95. The SMILES string of the molecule is Cc1cc(F)ccc1N(C)C1CN(c2ncc(Cl)cc2C(=O)O)C1. The molecule has 5 nitrogen and oxygen atoms in total. The number of hydrogen-bond acceptors (Lipinski definition) is 4. The molecule has 1 aromatic carbocycles. The Morgan fingerprint density at radius 1 is 1.42 bits per heavy atom. The minimum Gasteiger partial charge on any atom is -0.478 e. The maximum Gasteiger partial charge on any atom is 0.339 e. The van der Waals surface area contributed by atoms with E-state index in [1.807, 2.05) is 18.9 Å². The van der Waals surface area contributed by atoms with Gasteiger partial charge in [-0.3, -0.25) is 0 Å². The quantitative estimate of drug-likeness (QED) is 0.918. The van der Waals surface area contributed by atoms with Gasteiger partial charge in [-0.1, -0.05) is 11.6 Å². The molecule has 1 aromatic heterocycles. The summed E-state index contributed by atoms with van der Waals surface area (Å²) in [5.41, 5.74) is 1.93. The third kappa shape index (κ3) is 3.01. The van der Waals surface area contributed by atoms with Crippen LogP contribution in [-0.2, 0) is 0 Å². The number of halogens is 2. The van der Waals surface area contributed by atoms with Crippen molar-refractivity contribution < 1.29 is 14.3 Å². The van der Waals surface area contributed by atoms with Crippen LogP contribution in [0.4, 0.5) is 15.9 Å². The number of likely N-dealkylation sites (N-methyl/N-ethyl adjacent to an activating group) is 1. The topological polar surface area (TPSA) is 56.7 Å². The van der Waals surface area contributed by atoms with Crippen LogP contribution in [0.15, 0.2) is 30.5 Å². The molecule has 126 valence electrons. The second kappa shape index (κ2) is 6.28. The Bertz CT molecular complexity index is 793. The van der Waals surface area contributed by atoms with Gasteiger partial charge < -0.3 is 14.9 Å². The number of benzene rings is 1. The van der Waals surface area contributed by atoms with E-state index < -0.39 is 5.97 Å². The zero-order chi connectivity index (χ0) is 17.4. The van der Waals surface area contributed by atoms with Gasteiger partial charge in [0.2, 0.25) is 0 Å². The molecule has 1 saturated heterocycles. The molecule has 1 aliphatic heterocycles. The lowest BCUT2D eigenvalue weighted by atomic mass is 10.0. The van der Waals surface area contributed by atoms with Crippen molar-refractivity contribution in [3.63, 3.8) is 0 Å². The number of aromatic carboxylic acids is 1. The van der Waals surface area contributed by atoms with Gasteiger partial charge in [-0.05, 0) is 36.8 Å². The van der Waals surface area contributed by atoms with Crippen molar-refractivity contribution in [2.45, 2.75) is 13.0 Å². The first kappa shape index (κ1) is 16.5. The molecule has 7 heteroatoms. The predicted molar refractivity (Wildman–Crippen MR) is 91.7 cm³/mol. The second-order valence-electron chi connectivity index (χ2n) is 5.93. The van der Waals surface area contributed by atoms with Gasteiger partial charge in [0.25, 0.3) is 0 Å². The maximum atomic E-state index is 13.2. The number of carboxylic acids is 1. The highest BCUT2D eigenvalue weighted by Crippen LogP contribution is 2.30. The van der Waals surface area contributed by atoms with Crippen molar-refractivity contribution in [2.24, 2.45) is 0 Å². The molecule has 0 aliphatic carbocycles. The Balaban J connectivity index is 1.75. The number of anilines is 2. The van der Waals surface area contributed by atoms with Crippen molar-refractivity contribution >= 4 is 29.1 Å². The fraction of sp³-hybridized carbons (Fsp3) is 0.294. The van der Waals surface area contributed by atoms with Gasteiger partial charge in [-0.2, -0.15) is 0 Å². The highest BCUT2D eigenvalue weighted by Gasteiger charge is 2.33. The number of rotatable bonds is 4. The molecule has 0 unspecified atom stereocenters. The van der Waals surface area contributed by atoms with Gasteiger partial charge in [0.05, 0.1) is 11.1 Å². The van der Waals surface area contributed by atoms with Gasteiger partial charge >= 0.3 is 5.97 Å². The van der Waals surface area contributed by atoms with Crippen molar-refractivity contribution in [1.29, 1.82) is 0 Å². The Kier molecular flexibility index (Phi) is 4.32. The van der Waals surface area contributed by atoms with E-state index in [0.29, 0.717) is 23.9 Å². The van der Waals surface area contributed by atoms with Crippen molar-refractivity contribution in [3.05, 3.63) is 52.4 Å². The fourth-order valence-corrected chi connectivity index (χ4v) is 3.08. The third-order valence-corrected chi connectivity index (χ3v) is 4.52. The van der Waals surface area contributed by atoms with E-state index in [1.54, 1.807) is 6.07 Å². The third-order valence-electron chi connectivity index (χ3n) is 4.31. The molecule has 0 bridgehead atoms. The predicted octanol–water partition coefficient (Wildman–Crippen LogP) is 3.21. The summed E-state index contributed by atoms with van der Waals surface area (Å²) in [4.78, 5) is 19.5. The highest BCUT2D eigenvalue weighted by atomic mass is 35.5. The fourth-order valence-electron chi connectivity index (χ4n) is 2.93. The molecule has 24 heavy (non-hydrogen) atoms. The molecule has 1 aliphatic rings. The van der Waals surface area contributed by atoms with E-state index in [-0.39, 0.29) is 17.4 Å². The molecule has 3 rings (SSSR count). The summed E-state index contributed by atoms with van der Waals surface area (Å²) in [5.74, 6) is -0.880. The largest absolute Gasteiger partial charge is 0.478 e. The zero-order valence-electron chi connectivity index (χ0n) is 13.3. The van der Waals surface area contributed by atoms with Gasteiger partial charge in [-0.15, -0.1) is 0 Å². The van der Waals surface area contributed by atoms with Gasteiger partial charge in [0.1, 0.15) is 17.2 Å². The number of aryl methyl sites for hydroxylation is 1. The lowest BCUT2D eigenvalue weighted by molar-refractivity contribution is 0.0697. The van der Waals surface area contributed by atoms with Gasteiger partial charge in [0, 0.05) is 32.0 Å². The maximum absolute atomic E-state index is 13.2. The Morgan fingerprint density at radius 2 is 2.12 bits per heavy atom. The van der Waals surface area contributed by atoms with E-state index >= 15 is 0 Å². The lowest BCUT2D eigenvalue weighted by Gasteiger charge is -2.46. The van der Waals surface area contributed by atoms with Crippen LogP contribution in [0.5, 0.6) is 0 Å². The summed E-state index contributed by atoms with van der Waals surface area (Å²) < 4.78 is 13.2. The molecular formula is C17H17ClFN3O2. The minimum absolute atomic E-state index is 0.0987. The Morgan fingerprint density at radius 3 is 2.75 bits per heavy atom. The van der Waals surface area contributed by atoms with Crippen LogP contribution in [0.2, 0.25) is 5.02 Å². The average molecular weight is 350 g/mol. The monoisotopic (exact) mass is 349 g/mol. The molecule has 2 aromatic rings. The second-order valence-corrected chi connectivity index (χ2v) is 6.37. The number of nitrogens with zero attached hydrogens (tertiary/aromatic N) is 3. The summed E-state index contributed by atoms with van der Waals surface area (Å²) in [6, 6.07) is 6.32. The molecular weight excluding hydrogens is 333 g/mol. The van der Waals surface area contributed by atoms with Crippen LogP contribution < -0.4 is 9.80 Å². The van der Waals surface area contributed by atoms with Crippen LogP contribution in [0, 0.1) is 12.7 Å². The minimum atomic E-state index is -1.05. The van der Waals surface area contributed by atoms with E-state index in [2.05, 4.69) is 9.88 Å². The Labute approximate surface area is 144 Å². The van der Waals surface area contributed by atoms with Gasteiger partial charge in [0.15, 0.2) is 0 Å². The van der Waals surface area contributed by atoms with Crippen LogP contribution in [0.3, 0.4) is 0 Å². The number of carbonyl (C=O) groups is 1. The van der Waals surface area contributed by atoms with Crippen molar-refractivity contribution in [2.75, 3.05) is 29.9 Å². The summed E-state index contributed by atoms with van der Waals surface area (Å²) in [6.45, 7) is 3.15. The van der Waals surface area contributed by atoms with Crippen molar-refractivity contribution in [1.82, 2.24) is 4.98 Å². The molecule has 1 fully saturated rings. The zero-order valence-corrected chi connectivity index (χ0v) is 14.1. The molecule has 0 saturated carbocycles. The van der Waals surface area contributed by atoms with E-state index in [0.717, 1.165) is 11.3 Å². The van der Waals surface area contributed by atoms with Crippen LogP contribution >= 0.6 is 11.6 Å². The first-order chi connectivity index (χ1) is 11.4. The molecule has 1 N–H and O–H groups in total. The van der Waals surface area contributed by atoms with E-state index in [1.165, 1.54) is 24.4 Å². The molecule has 0 spiro atoms. The molecule has 0 atom stereocenters. The average Bonchev–Trinajstić information content (AvgIpc) is 2.46. The number of hydrogen-bond donors (Lipinski definition) is 1. The van der Waals surface area contributed by atoms with Gasteiger partial charge in [-0.25, -0.2) is 14.2 Å². The lowest BCUT2D eigenvalue weighted by Crippen LogP contribution is -2.59. The van der Waals surface area contributed by atoms with Crippen LogP contribution in [0.25, 0.3) is 0 Å². The highest BCUT2D eigenvalue weighted by molar-refractivity contribution is 6.30. The summed E-state index contributed by atoms with van der Waals surface area (Å²) in [6.07, 6.45) is 1.45. The number of aromatic nitrogens is 1. The van der Waals surface area contributed by atoms with Crippen molar-refractivity contribution in [3.8, 4) is 0 Å². The Hall–Kier alpha value is -2.34. The first-order valence-electron chi connectivity index (χ1n) is 7.49. The van der Waals surface area contributed by atoms with E-state index in [9.17, 15) is 14.3 Å². The smallest absolute Gasteiger partial charge is 0.339 e. The molecule has 2 heterocycles. The molecule has 0 radical (unpaired) electrons. The number of pyridine rings is 1. The normalized spacial score (nSPS) is 14.4. The summed E-state index contributed by atoms with van der Waals surface area (Å²) in [5, 5.41) is 9.60. The standard InChI is InChI=1S/C17H17ClFN3O2/c1-10-5-12(19)3-4-15(10)21(2)13-8-22(9-13)16-14(17(23)24)6-11(18)7-20-16/h3-7,13H,8-9H2,1-2H3,(H,23,24). The van der Waals surface area contributed by atoms with E-state index in [4.69, 9.17) is 11.6 Å².